The van der Waals surface area contributed by atoms with Crippen molar-refractivity contribution in [1.82, 2.24) is 15.0 Å². The largest absolute Gasteiger partial charge is 0.460 e. The topological polar surface area (TPSA) is 65.0 Å². The van der Waals surface area contributed by atoms with Gasteiger partial charge in [0.2, 0.25) is 0 Å². The molecular formula is C54H33N3O2S. The molecule has 0 fully saturated rings. The van der Waals surface area contributed by atoms with Crippen LogP contribution >= 0.6 is 11.3 Å². The lowest BCUT2D eigenvalue weighted by Gasteiger charge is -2.13. The fourth-order valence-corrected chi connectivity index (χ4v) is 10.5. The molecule has 0 amide bonds. The molecule has 0 aliphatic heterocycles. The summed E-state index contributed by atoms with van der Waals surface area (Å²) in [5.41, 5.74) is 8.43. The van der Waals surface area contributed by atoms with Crippen LogP contribution in [0.4, 0.5) is 0 Å². The lowest BCUT2D eigenvalue weighted by Crippen LogP contribution is -2.01. The minimum absolute atomic E-state index is 0.424. The number of thiophene rings is 1. The van der Waals surface area contributed by atoms with E-state index in [2.05, 4.69) is 159 Å². The Morgan fingerprint density at radius 2 is 1.20 bits per heavy atom. The zero-order chi connectivity index (χ0) is 39.5. The summed E-state index contributed by atoms with van der Waals surface area (Å²) in [4.78, 5) is 16.0. The van der Waals surface area contributed by atoms with Gasteiger partial charge in [0.1, 0.15) is 22.5 Å². The van der Waals surface area contributed by atoms with Crippen molar-refractivity contribution in [3.05, 3.63) is 169 Å². The molecule has 0 bridgehead atoms. The molecule has 1 aliphatic carbocycles. The lowest BCUT2D eigenvalue weighted by atomic mass is 9.91. The predicted molar refractivity (Wildman–Crippen MR) is 248 cm³/mol. The standard InChI is InChI=1S/C54H33N3O2S/c1-30-17-22-41-46(25-30)59-45-15-8-13-38(50(41)45)35-28-43(51-40-12-4-6-14-44(40)58-47(51)29-35)54-56-52(33-20-23-37-32(26-33)19-18-31-9-2-3-10-36(31)37)55-53(57-54)34-21-24-49-42(27-34)39-11-5-7-16-48(39)60-49/h2-24,26-30H,25H2,1H3. The van der Waals surface area contributed by atoms with E-state index in [0.29, 0.717) is 23.4 Å². The average Bonchev–Trinajstić information content (AvgIpc) is 3.99. The Bertz CT molecular complexity index is 3790. The number of benzene rings is 8. The van der Waals surface area contributed by atoms with Gasteiger partial charge in [0.05, 0.1) is 0 Å². The number of fused-ring (bicyclic) bond motifs is 12. The minimum atomic E-state index is 0.424. The maximum Gasteiger partial charge on any atom is 0.164 e. The summed E-state index contributed by atoms with van der Waals surface area (Å²) in [6.45, 7) is 2.23. The van der Waals surface area contributed by atoms with Gasteiger partial charge in [-0.15, -0.1) is 11.3 Å². The molecule has 4 aromatic heterocycles. The van der Waals surface area contributed by atoms with Crippen LogP contribution in [0.2, 0.25) is 0 Å². The van der Waals surface area contributed by atoms with E-state index >= 15 is 0 Å². The van der Waals surface area contributed by atoms with Crippen molar-refractivity contribution < 1.29 is 8.83 Å². The van der Waals surface area contributed by atoms with Crippen molar-refractivity contribution in [3.63, 3.8) is 0 Å². The zero-order valence-corrected chi connectivity index (χ0v) is 33.3. The molecule has 0 saturated heterocycles. The second-order valence-corrected chi connectivity index (χ2v) is 17.1. The molecule has 13 rings (SSSR count). The first kappa shape index (κ1) is 33.6. The molecule has 1 unspecified atom stereocenters. The molecule has 0 spiro atoms. The van der Waals surface area contributed by atoms with E-state index in [1.54, 1.807) is 11.3 Å². The molecule has 60 heavy (non-hydrogen) atoms. The average molecular weight is 788 g/mol. The minimum Gasteiger partial charge on any atom is -0.460 e. The van der Waals surface area contributed by atoms with E-state index in [1.165, 1.54) is 36.3 Å². The molecule has 0 radical (unpaired) electrons. The number of allylic oxidation sites excluding steroid dienone is 1. The second-order valence-electron chi connectivity index (χ2n) is 16.0. The zero-order valence-electron chi connectivity index (χ0n) is 32.4. The number of nitrogens with zero attached hydrogens (tertiary/aromatic N) is 3. The molecule has 0 saturated carbocycles. The fraction of sp³-hybridized carbons (Fsp3) is 0.0556. The first-order valence-corrected chi connectivity index (χ1v) is 21.2. The Labute approximate surface area is 347 Å². The Morgan fingerprint density at radius 3 is 2.12 bits per heavy atom. The van der Waals surface area contributed by atoms with Crippen molar-refractivity contribution in [1.29, 1.82) is 0 Å². The monoisotopic (exact) mass is 787 g/mol. The summed E-state index contributed by atoms with van der Waals surface area (Å²) >= 11 is 1.81. The molecular weight excluding hydrogens is 755 g/mol. The highest BCUT2D eigenvalue weighted by atomic mass is 32.1. The summed E-state index contributed by atoms with van der Waals surface area (Å²) in [6.07, 6.45) is 5.38. The lowest BCUT2D eigenvalue weighted by molar-refractivity contribution is 0.513. The predicted octanol–water partition coefficient (Wildman–Crippen LogP) is 15.1. The first-order chi connectivity index (χ1) is 29.6. The highest BCUT2D eigenvalue weighted by Crippen LogP contribution is 2.44. The third-order valence-corrected chi connectivity index (χ3v) is 13.4. The van der Waals surface area contributed by atoms with Gasteiger partial charge in [0.25, 0.3) is 0 Å². The Morgan fingerprint density at radius 1 is 0.483 bits per heavy atom. The summed E-state index contributed by atoms with van der Waals surface area (Å²) in [5.74, 6) is 3.26. The summed E-state index contributed by atoms with van der Waals surface area (Å²) < 4.78 is 15.7. The van der Waals surface area contributed by atoms with Gasteiger partial charge in [0, 0.05) is 65.0 Å². The molecule has 12 aromatic rings. The number of hydrogen-bond acceptors (Lipinski definition) is 6. The van der Waals surface area contributed by atoms with Gasteiger partial charge in [-0.25, -0.2) is 15.0 Å². The van der Waals surface area contributed by atoms with Crippen molar-refractivity contribution in [2.24, 2.45) is 5.92 Å². The number of para-hydroxylation sites is 1. The van der Waals surface area contributed by atoms with E-state index in [4.69, 9.17) is 23.8 Å². The third kappa shape index (κ3) is 5.14. The van der Waals surface area contributed by atoms with Gasteiger partial charge in [-0.05, 0) is 93.2 Å². The van der Waals surface area contributed by atoms with Crippen LogP contribution in [0, 0.1) is 5.92 Å². The summed E-state index contributed by atoms with van der Waals surface area (Å²) in [6, 6.07) is 53.6. The first-order valence-electron chi connectivity index (χ1n) is 20.4. The van der Waals surface area contributed by atoms with Crippen LogP contribution in [0.1, 0.15) is 18.2 Å². The van der Waals surface area contributed by atoms with Crippen molar-refractivity contribution >= 4 is 92.0 Å². The maximum atomic E-state index is 6.68. The van der Waals surface area contributed by atoms with Crippen molar-refractivity contribution in [2.75, 3.05) is 0 Å². The number of hydrogen-bond donors (Lipinski definition) is 0. The van der Waals surface area contributed by atoms with E-state index in [9.17, 15) is 0 Å². The van der Waals surface area contributed by atoms with Crippen LogP contribution in [-0.4, -0.2) is 15.0 Å². The second kappa shape index (κ2) is 12.8. The third-order valence-electron chi connectivity index (χ3n) is 12.2. The van der Waals surface area contributed by atoms with Crippen molar-refractivity contribution in [3.8, 4) is 45.3 Å². The van der Waals surface area contributed by atoms with Gasteiger partial charge >= 0.3 is 0 Å². The highest BCUT2D eigenvalue weighted by molar-refractivity contribution is 7.25. The Hall–Kier alpha value is -7.41. The molecule has 1 aliphatic rings. The number of rotatable bonds is 4. The van der Waals surface area contributed by atoms with Crippen LogP contribution in [-0.2, 0) is 6.42 Å². The summed E-state index contributed by atoms with van der Waals surface area (Å²) in [7, 11) is 0. The normalized spacial score (nSPS) is 14.1. The van der Waals surface area contributed by atoms with Gasteiger partial charge in [-0.3, -0.25) is 0 Å². The van der Waals surface area contributed by atoms with Crippen LogP contribution in [0.3, 0.4) is 0 Å². The highest BCUT2D eigenvalue weighted by Gasteiger charge is 2.24. The SMILES string of the molecule is CC1C=Cc2c(oc3cccc(-c4cc(-c5nc(-c6ccc7c(ccc8ccccc87)c6)nc(-c6ccc7sc8ccccc8c7c6)n5)c5c(c4)oc4ccccc45)c23)C1. The van der Waals surface area contributed by atoms with E-state index in [0.717, 1.165) is 83.9 Å². The number of furan rings is 2. The van der Waals surface area contributed by atoms with Gasteiger partial charge in [-0.2, -0.15) is 0 Å². The van der Waals surface area contributed by atoms with Gasteiger partial charge in [0.15, 0.2) is 17.5 Å². The van der Waals surface area contributed by atoms with E-state index in [-0.39, 0.29) is 0 Å². The molecule has 4 heterocycles. The van der Waals surface area contributed by atoms with Crippen LogP contribution in [0.5, 0.6) is 0 Å². The quantitative estimate of drug-likeness (QED) is 0.166. The van der Waals surface area contributed by atoms with Crippen LogP contribution in [0.15, 0.2) is 167 Å². The number of aromatic nitrogens is 3. The van der Waals surface area contributed by atoms with Gasteiger partial charge < -0.3 is 8.83 Å². The Kier molecular flexibility index (Phi) is 7.15. The molecule has 282 valence electrons. The molecule has 5 nitrogen and oxygen atoms in total. The van der Waals surface area contributed by atoms with Crippen LogP contribution < -0.4 is 0 Å². The Balaban J connectivity index is 1.09. The molecule has 8 aromatic carbocycles. The fourth-order valence-electron chi connectivity index (χ4n) is 9.37. The van der Waals surface area contributed by atoms with Gasteiger partial charge in [-0.1, -0.05) is 116 Å². The molecule has 0 N–H and O–H groups in total. The maximum absolute atomic E-state index is 6.68. The molecule has 6 heteroatoms. The van der Waals surface area contributed by atoms with E-state index < -0.39 is 0 Å². The van der Waals surface area contributed by atoms with E-state index in [1.807, 2.05) is 12.1 Å². The smallest absolute Gasteiger partial charge is 0.164 e. The summed E-state index contributed by atoms with van der Waals surface area (Å²) in [5, 5.41) is 10.3. The van der Waals surface area contributed by atoms with Crippen LogP contribution in [0.25, 0.3) is 126 Å². The van der Waals surface area contributed by atoms with Crippen molar-refractivity contribution in [2.45, 2.75) is 13.3 Å². The molecule has 1 atom stereocenters.